The minimum absolute atomic E-state index is 0. The molecule has 1 aliphatic carbocycles. The Balaban J connectivity index is 0.00000243. The number of aliphatic imine (C=N–C) groups is 1. The smallest absolute Gasteiger partial charge is 0.191 e. The van der Waals surface area contributed by atoms with Gasteiger partial charge in [-0.2, -0.15) is 0 Å². The van der Waals surface area contributed by atoms with Gasteiger partial charge in [-0.25, -0.2) is 0 Å². The van der Waals surface area contributed by atoms with Crippen molar-refractivity contribution in [3.8, 4) is 0 Å². The highest BCUT2D eigenvalue weighted by atomic mass is 127. The van der Waals surface area contributed by atoms with E-state index in [2.05, 4.69) is 39.3 Å². The summed E-state index contributed by atoms with van der Waals surface area (Å²) in [5, 5.41) is 7.12. The van der Waals surface area contributed by atoms with Crippen LogP contribution in [0.1, 0.15) is 33.1 Å². The Kier molecular flexibility index (Phi) is 9.40. The molecular formula is C19H38IN5O. The quantitative estimate of drug-likeness (QED) is 0.330. The standard InChI is InChI=1S/C19H37N5O.HI/c1-15(2)18(23-8-10-25-11-9-23)13-22-19(20-3)21-12-16-6-7-24(14-16)17-4-5-17;/h15-18H,4-14H2,1-3H3,(H2,20,21,22);1H. The first-order valence-electron chi connectivity index (χ1n) is 10.2. The molecule has 2 N–H and O–H groups in total. The van der Waals surface area contributed by atoms with Crippen LogP contribution in [-0.2, 0) is 4.74 Å². The molecule has 3 aliphatic rings. The van der Waals surface area contributed by atoms with E-state index in [9.17, 15) is 0 Å². The molecular weight excluding hydrogens is 441 g/mol. The molecule has 0 aromatic rings. The second kappa shape index (κ2) is 11.0. The topological polar surface area (TPSA) is 52.1 Å². The fourth-order valence-electron chi connectivity index (χ4n) is 4.16. The Morgan fingerprint density at radius 1 is 1.12 bits per heavy atom. The van der Waals surface area contributed by atoms with Crippen molar-refractivity contribution in [2.75, 3.05) is 59.5 Å². The summed E-state index contributed by atoms with van der Waals surface area (Å²) in [6.45, 7) is 12.9. The van der Waals surface area contributed by atoms with E-state index in [1.54, 1.807) is 0 Å². The number of halogens is 1. The molecule has 0 spiro atoms. The van der Waals surface area contributed by atoms with Crippen LogP contribution in [0, 0.1) is 11.8 Å². The Hall–Kier alpha value is -0.120. The van der Waals surface area contributed by atoms with Gasteiger partial charge in [-0.1, -0.05) is 13.8 Å². The van der Waals surface area contributed by atoms with Gasteiger partial charge < -0.3 is 20.3 Å². The number of morpholine rings is 1. The minimum atomic E-state index is 0. The molecule has 2 aliphatic heterocycles. The zero-order valence-electron chi connectivity index (χ0n) is 16.7. The average Bonchev–Trinajstić information content (AvgIpc) is 3.37. The number of ether oxygens (including phenoxy) is 1. The van der Waals surface area contributed by atoms with Crippen molar-refractivity contribution in [1.82, 2.24) is 20.4 Å². The molecule has 1 saturated carbocycles. The Labute approximate surface area is 176 Å². The highest BCUT2D eigenvalue weighted by Crippen LogP contribution is 2.31. The van der Waals surface area contributed by atoms with Crippen molar-refractivity contribution in [3.63, 3.8) is 0 Å². The van der Waals surface area contributed by atoms with Crippen molar-refractivity contribution in [2.45, 2.75) is 45.2 Å². The van der Waals surface area contributed by atoms with Crippen LogP contribution in [0.25, 0.3) is 0 Å². The molecule has 0 radical (unpaired) electrons. The van der Waals surface area contributed by atoms with E-state index in [1.165, 1.54) is 32.4 Å². The lowest BCUT2D eigenvalue weighted by molar-refractivity contribution is 0.00752. The lowest BCUT2D eigenvalue weighted by Crippen LogP contribution is -2.52. The summed E-state index contributed by atoms with van der Waals surface area (Å²) in [4.78, 5) is 9.66. The molecule has 7 heteroatoms. The van der Waals surface area contributed by atoms with Gasteiger partial charge in [-0.15, -0.1) is 24.0 Å². The molecule has 3 fully saturated rings. The maximum absolute atomic E-state index is 5.50. The first-order chi connectivity index (χ1) is 12.2. The van der Waals surface area contributed by atoms with Gasteiger partial charge in [0, 0.05) is 51.9 Å². The number of hydrogen-bond acceptors (Lipinski definition) is 4. The van der Waals surface area contributed by atoms with Crippen LogP contribution in [0.3, 0.4) is 0 Å². The van der Waals surface area contributed by atoms with Crippen molar-refractivity contribution >= 4 is 29.9 Å². The molecule has 26 heavy (non-hydrogen) atoms. The van der Waals surface area contributed by atoms with Crippen molar-refractivity contribution in [2.24, 2.45) is 16.8 Å². The maximum atomic E-state index is 5.50. The third-order valence-corrected chi connectivity index (χ3v) is 5.93. The van der Waals surface area contributed by atoms with Gasteiger partial charge >= 0.3 is 0 Å². The number of rotatable bonds is 7. The highest BCUT2D eigenvalue weighted by molar-refractivity contribution is 14.0. The summed E-state index contributed by atoms with van der Waals surface area (Å²) in [6, 6.07) is 1.43. The predicted octanol–water partition coefficient (Wildman–Crippen LogP) is 1.61. The van der Waals surface area contributed by atoms with E-state index >= 15 is 0 Å². The summed E-state index contributed by atoms with van der Waals surface area (Å²) >= 11 is 0. The number of nitrogens with one attached hydrogen (secondary N) is 2. The Morgan fingerprint density at radius 2 is 1.85 bits per heavy atom. The van der Waals surface area contributed by atoms with Gasteiger partial charge in [0.05, 0.1) is 13.2 Å². The monoisotopic (exact) mass is 479 g/mol. The van der Waals surface area contributed by atoms with E-state index in [4.69, 9.17) is 4.74 Å². The summed E-state index contributed by atoms with van der Waals surface area (Å²) in [5.74, 6) is 2.33. The zero-order valence-corrected chi connectivity index (χ0v) is 19.1. The molecule has 2 heterocycles. The Morgan fingerprint density at radius 3 is 2.46 bits per heavy atom. The molecule has 0 aromatic carbocycles. The highest BCUT2D eigenvalue weighted by Gasteiger charge is 2.34. The summed E-state index contributed by atoms with van der Waals surface area (Å²) in [6.07, 6.45) is 4.16. The van der Waals surface area contributed by atoms with Crippen LogP contribution in [0.5, 0.6) is 0 Å². The van der Waals surface area contributed by atoms with Crippen LogP contribution < -0.4 is 10.6 Å². The summed E-state index contributed by atoms with van der Waals surface area (Å²) in [5.41, 5.74) is 0. The third-order valence-electron chi connectivity index (χ3n) is 5.93. The van der Waals surface area contributed by atoms with Gasteiger partial charge in [0.15, 0.2) is 5.96 Å². The molecule has 0 amide bonds. The first-order valence-corrected chi connectivity index (χ1v) is 10.2. The summed E-state index contributed by atoms with van der Waals surface area (Å²) < 4.78 is 5.50. The first kappa shape index (κ1) is 22.2. The van der Waals surface area contributed by atoms with Crippen LogP contribution in [0.2, 0.25) is 0 Å². The molecule has 152 valence electrons. The molecule has 2 atom stereocenters. The van der Waals surface area contributed by atoms with E-state index in [0.717, 1.165) is 57.3 Å². The average molecular weight is 479 g/mol. The zero-order chi connectivity index (χ0) is 17.6. The maximum Gasteiger partial charge on any atom is 0.191 e. The summed E-state index contributed by atoms with van der Waals surface area (Å²) in [7, 11) is 1.87. The third kappa shape index (κ3) is 6.49. The van der Waals surface area contributed by atoms with Gasteiger partial charge in [-0.3, -0.25) is 9.89 Å². The lowest BCUT2D eigenvalue weighted by Gasteiger charge is -2.37. The van der Waals surface area contributed by atoms with Crippen molar-refractivity contribution in [1.29, 1.82) is 0 Å². The molecule has 2 saturated heterocycles. The molecule has 6 nitrogen and oxygen atoms in total. The molecule has 2 unspecified atom stereocenters. The van der Waals surface area contributed by atoms with Crippen LogP contribution in [0.15, 0.2) is 4.99 Å². The minimum Gasteiger partial charge on any atom is -0.379 e. The fourth-order valence-corrected chi connectivity index (χ4v) is 4.16. The largest absolute Gasteiger partial charge is 0.379 e. The molecule has 3 rings (SSSR count). The Bertz CT molecular complexity index is 438. The SMILES string of the molecule is CN=C(NCC1CCN(C2CC2)C1)NCC(C(C)C)N1CCOCC1.I. The van der Waals surface area contributed by atoms with Crippen LogP contribution in [-0.4, -0.2) is 87.4 Å². The number of likely N-dealkylation sites (tertiary alicyclic amines) is 1. The second-order valence-corrected chi connectivity index (χ2v) is 8.17. The van der Waals surface area contributed by atoms with Gasteiger partial charge in [0.2, 0.25) is 0 Å². The number of hydrogen-bond donors (Lipinski definition) is 2. The van der Waals surface area contributed by atoms with Gasteiger partial charge in [0.1, 0.15) is 0 Å². The van der Waals surface area contributed by atoms with E-state index in [0.29, 0.717) is 12.0 Å². The normalized spacial score (nSPS) is 26.6. The molecule has 0 aromatic heterocycles. The van der Waals surface area contributed by atoms with E-state index in [-0.39, 0.29) is 24.0 Å². The van der Waals surface area contributed by atoms with E-state index < -0.39 is 0 Å². The van der Waals surface area contributed by atoms with Crippen molar-refractivity contribution < 1.29 is 4.74 Å². The van der Waals surface area contributed by atoms with Crippen LogP contribution in [0.4, 0.5) is 0 Å². The number of nitrogens with zero attached hydrogens (tertiary/aromatic N) is 3. The lowest BCUT2D eigenvalue weighted by atomic mass is 10.0. The van der Waals surface area contributed by atoms with Crippen LogP contribution >= 0.6 is 24.0 Å². The number of guanidine groups is 1. The molecule has 0 bridgehead atoms. The van der Waals surface area contributed by atoms with E-state index in [1.807, 2.05) is 7.05 Å². The van der Waals surface area contributed by atoms with Gasteiger partial charge in [0.25, 0.3) is 0 Å². The predicted molar refractivity (Wildman–Crippen MR) is 118 cm³/mol. The fraction of sp³-hybridized carbons (Fsp3) is 0.947. The second-order valence-electron chi connectivity index (χ2n) is 8.17. The van der Waals surface area contributed by atoms with Crippen molar-refractivity contribution in [3.05, 3.63) is 0 Å². The van der Waals surface area contributed by atoms with Gasteiger partial charge in [-0.05, 0) is 37.6 Å².